The van der Waals surface area contributed by atoms with Gasteiger partial charge in [0.05, 0.1) is 17.1 Å². The number of anilines is 3. The molecule has 0 fully saturated rings. The van der Waals surface area contributed by atoms with Gasteiger partial charge in [0.15, 0.2) is 0 Å². The van der Waals surface area contributed by atoms with E-state index in [9.17, 15) is 0 Å². The highest BCUT2D eigenvalue weighted by atomic mass is 79.9. The zero-order valence-electron chi connectivity index (χ0n) is 16.4. The van der Waals surface area contributed by atoms with Crippen LogP contribution < -0.4 is 4.90 Å². The van der Waals surface area contributed by atoms with E-state index in [-0.39, 0.29) is 0 Å². The fourth-order valence-corrected chi connectivity index (χ4v) is 5.96. The summed E-state index contributed by atoms with van der Waals surface area (Å²) in [5.41, 5.74) is 10.1. The third-order valence-corrected chi connectivity index (χ3v) is 7.74. The quantitative estimate of drug-likeness (QED) is 0.279. The Balaban J connectivity index is 2.42. The minimum atomic E-state index is 1.03. The Bertz CT molecular complexity index is 992. The average Bonchev–Trinajstić information content (AvgIpc) is 2.63. The van der Waals surface area contributed by atoms with E-state index in [0.29, 0.717) is 0 Å². The topological polar surface area (TPSA) is 3.24 Å². The maximum Gasteiger partial charge on any atom is 0.0605 e. The summed E-state index contributed by atoms with van der Waals surface area (Å²) in [5, 5.41) is 0. The van der Waals surface area contributed by atoms with E-state index in [1.165, 1.54) is 33.5 Å². The van der Waals surface area contributed by atoms with Crippen LogP contribution in [0.3, 0.4) is 0 Å². The Morgan fingerprint density at radius 3 is 1.25 bits per heavy atom. The smallest absolute Gasteiger partial charge is 0.0605 e. The minimum Gasteiger partial charge on any atom is -0.308 e. The fraction of sp³-hybridized carbons (Fsp3) is 0.217. The molecule has 0 radical (unpaired) electrons. The highest BCUT2D eigenvalue weighted by Crippen LogP contribution is 2.47. The molecule has 5 heteroatoms. The summed E-state index contributed by atoms with van der Waals surface area (Å²) in [6.45, 7) is 11.1. The molecule has 0 aliphatic carbocycles. The third-order valence-electron chi connectivity index (χ3n) is 5.49. The van der Waals surface area contributed by atoms with E-state index in [1.54, 1.807) is 0 Å². The van der Waals surface area contributed by atoms with Crippen molar-refractivity contribution in [2.24, 2.45) is 0 Å². The molecule has 3 rings (SSSR count). The maximum absolute atomic E-state index is 3.79. The molecule has 0 unspecified atom stereocenters. The Labute approximate surface area is 201 Å². The minimum absolute atomic E-state index is 1.03. The van der Waals surface area contributed by atoms with Gasteiger partial charge in [0, 0.05) is 17.9 Å². The second-order valence-corrected chi connectivity index (χ2v) is 10.5. The number of hydrogen-bond donors (Lipinski definition) is 0. The van der Waals surface area contributed by atoms with Crippen molar-refractivity contribution in [1.82, 2.24) is 0 Å². The summed E-state index contributed by atoms with van der Waals surface area (Å²) >= 11 is 14.7. The van der Waals surface area contributed by atoms with E-state index < -0.39 is 0 Å². The monoisotopic (exact) mass is 627 g/mol. The first kappa shape index (κ1) is 22.1. The van der Waals surface area contributed by atoms with Gasteiger partial charge < -0.3 is 4.90 Å². The predicted octanol–water partition coefficient (Wildman–Crippen LogP) is 9.75. The molecule has 3 aromatic rings. The highest BCUT2D eigenvalue weighted by molar-refractivity contribution is 9.11. The summed E-state index contributed by atoms with van der Waals surface area (Å²) in [7, 11) is 0. The molecule has 0 heterocycles. The van der Waals surface area contributed by atoms with Crippen LogP contribution in [0.2, 0.25) is 0 Å². The van der Waals surface area contributed by atoms with Crippen molar-refractivity contribution in [3.63, 3.8) is 0 Å². The molecule has 0 bridgehead atoms. The van der Waals surface area contributed by atoms with Gasteiger partial charge in [-0.3, -0.25) is 0 Å². The van der Waals surface area contributed by atoms with Crippen LogP contribution in [-0.4, -0.2) is 0 Å². The lowest BCUT2D eigenvalue weighted by Crippen LogP contribution is -2.16. The van der Waals surface area contributed by atoms with Gasteiger partial charge in [0.2, 0.25) is 0 Å². The molecule has 0 saturated carbocycles. The lowest BCUT2D eigenvalue weighted by molar-refractivity contribution is 1.13. The van der Waals surface area contributed by atoms with Gasteiger partial charge in [0.25, 0.3) is 0 Å². The van der Waals surface area contributed by atoms with Crippen molar-refractivity contribution in [2.45, 2.75) is 34.6 Å². The summed E-state index contributed by atoms with van der Waals surface area (Å²) < 4.78 is 4.16. The molecule has 1 nitrogen and oxygen atoms in total. The Morgan fingerprint density at radius 2 is 0.893 bits per heavy atom. The lowest BCUT2D eigenvalue weighted by atomic mass is 9.92. The molecular weight excluding hydrogens is 610 g/mol. The molecule has 28 heavy (non-hydrogen) atoms. The molecule has 0 spiro atoms. The van der Waals surface area contributed by atoms with Crippen LogP contribution in [-0.2, 0) is 0 Å². The molecule has 0 N–H and O–H groups in total. The number of halogens is 4. The largest absolute Gasteiger partial charge is 0.308 e. The Hall–Kier alpha value is -0.620. The first-order chi connectivity index (χ1) is 13.1. The number of hydrogen-bond acceptors (Lipinski definition) is 1. The molecule has 0 saturated heterocycles. The van der Waals surface area contributed by atoms with Crippen molar-refractivity contribution in [1.29, 1.82) is 0 Å². The molecule has 3 aromatic carbocycles. The molecule has 146 valence electrons. The molecule has 0 amide bonds. The van der Waals surface area contributed by atoms with Crippen LogP contribution in [0, 0.1) is 34.6 Å². The lowest BCUT2D eigenvalue weighted by Gasteiger charge is -2.32. The standard InChI is InChI=1S/C23H21Br4N/c1-12-13(2)15(4)23(16(5)14(12)3)28(21-8-6-17(24)10-19(21)26)22-9-7-18(25)11-20(22)27/h6-11H,1-5H3. The van der Waals surface area contributed by atoms with Crippen LogP contribution >= 0.6 is 63.7 Å². The van der Waals surface area contributed by atoms with Crippen LogP contribution in [0.1, 0.15) is 27.8 Å². The normalized spacial score (nSPS) is 11.0. The van der Waals surface area contributed by atoms with Crippen LogP contribution in [0.15, 0.2) is 54.3 Å². The van der Waals surface area contributed by atoms with E-state index in [4.69, 9.17) is 0 Å². The first-order valence-corrected chi connectivity index (χ1v) is 12.1. The SMILES string of the molecule is Cc1c(C)c(C)c(N(c2ccc(Br)cc2Br)c2ccc(Br)cc2Br)c(C)c1C. The van der Waals surface area contributed by atoms with E-state index in [0.717, 1.165) is 29.3 Å². The summed E-state index contributed by atoms with van der Waals surface area (Å²) in [6.07, 6.45) is 0. The Morgan fingerprint density at radius 1 is 0.536 bits per heavy atom. The van der Waals surface area contributed by atoms with Gasteiger partial charge in [-0.25, -0.2) is 0 Å². The third kappa shape index (κ3) is 4.00. The van der Waals surface area contributed by atoms with Gasteiger partial charge >= 0.3 is 0 Å². The van der Waals surface area contributed by atoms with Gasteiger partial charge in [-0.2, -0.15) is 0 Å². The highest BCUT2D eigenvalue weighted by Gasteiger charge is 2.24. The first-order valence-electron chi connectivity index (χ1n) is 8.90. The van der Waals surface area contributed by atoms with Crippen LogP contribution in [0.25, 0.3) is 0 Å². The van der Waals surface area contributed by atoms with E-state index in [2.05, 4.69) is 140 Å². The summed E-state index contributed by atoms with van der Waals surface area (Å²) in [5.74, 6) is 0. The summed E-state index contributed by atoms with van der Waals surface area (Å²) in [6, 6.07) is 12.6. The molecule has 0 aliphatic heterocycles. The average molecular weight is 631 g/mol. The zero-order chi connectivity index (χ0) is 20.7. The molecule has 0 atom stereocenters. The van der Waals surface area contributed by atoms with Crippen molar-refractivity contribution < 1.29 is 0 Å². The van der Waals surface area contributed by atoms with Gasteiger partial charge in [-0.05, 0) is 131 Å². The second kappa shape index (κ2) is 8.63. The van der Waals surface area contributed by atoms with E-state index >= 15 is 0 Å². The Kier molecular flexibility index (Phi) is 6.80. The number of benzene rings is 3. The fourth-order valence-electron chi connectivity index (χ4n) is 3.51. The van der Waals surface area contributed by atoms with Crippen molar-refractivity contribution in [3.8, 4) is 0 Å². The maximum atomic E-state index is 3.79. The van der Waals surface area contributed by atoms with E-state index in [1.807, 2.05) is 0 Å². The van der Waals surface area contributed by atoms with Crippen molar-refractivity contribution in [3.05, 3.63) is 82.1 Å². The molecular formula is C23H21Br4N. The second-order valence-electron chi connectivity index (χ2n) is 7.00. The zero-order valence-corrected chi connectivity index (χ0v) is 22.8. The van der Waals surface area contributed by atoms with Gasteiger partial charge in [-0.1, -0.05) is 31.9 Å². The van der Waals surface area contributed by atoms with Crippen LogP contribution in [0.4, 0.5) is 17.1 Å². The van der Waals surface area contributed by atoms with Gasteiger partial charge in [0.1, 0.15) is 0 Å². The summed E-state index contributed by atoms with van der Waals surface area (Å²) in [4.78, 5) is 2.34. The molecule has 0 aliphatic rings. The predicted molar refractivity (Wildman–Crippen MR) is 136 cm³/mol. The van der Waals surface area contributed by atoms with Crippen molar-refractivity contribution in [2.75, 3.05) is 4.90 Å². The molecule has 0 aromatic heterocycles. The van der Waals surface area contributed by atoms with Crippen LogP contribution in [0.5, 0.6) is 0 Å². The number of nitrogens with zero attached hydrogens (tertiary/aromatic N) is 1. The van der Waals surface area contributed by atoms with Crippen molar-refractivity contribution >= 4 is 80.8 Å². The van der Waals surface area contributed by atoms with Gasteiger partial charge in [-0.15, -0.1) is 0 Å². The number of rotatable bonds is 3.